The van der Waals surface area contributed by atoms with Crippen molar-refractivity contribution in [2.45, 2.75) is 62.8 Å². The summed E-state index contributed by atoms with van der Waals surface area (Å²) in [6.45, 7) is 4.52. The number of rotatable bonds is 17. The van der Waals surface area contributed by atoms with Gasteiger partial charge in [0, 0.05) is 18.0 Å². The van der Waals surface area contributed by atoms with Crippen LogP contribution in [0.3, 0.4) is 0 Å². The minimum atomic E-state index is -1.24. The predicted molar refractivity (Wildman–Crippen MR) is 165 cm³/mol. The minimum absolute atomic E-state index is 0.0375. The summed E-state index contributed by atoms with van der Waals surface area (Å²) in [4.78, 5) is 77.3. The number of carbonyl (C=O) groups is 5. The predicted octanol–water partition coefficient (Wildman–Crippen LogP) is -0.521. The average Bonchev–Trinajstić information content (AvgIpc) is 2.98. The summed E-state index contributed by atoms with van der Waals surface area (Å²) in [5.74, 6) is -3.72. The number of phenolic OH excluding ortho intramolecular Hbond substituents is 1. The first-order valence-electron chi connectivity index (χ1n) is 13.9. The second-order valence-corrected chi connectivity index (χ2v) is 11.5. The zero-order valence-corrected chi connectivity index (χ0v) is 25.8. The van der Waals surface area contributed by atoms with Gasteiger partial charge in [-0.05, 0) is 49.4 Å². The van der Waals surface area contributed by atoms with E-state index in [1.165, 1.54) is 37.4 Å². The van der Waals surface area contributed by atoms with Gasteiger partial charge in [-0.1, -0.05) is 37.7 Å². The molecule has 0 saturated heterocycles. The third-order valence-corrected chi connectivity index (χ3v) is 7.35. The molecule has 0 spiro atoms. The van der Waals surface area contributed by atoms with Crippen LogP contribution in [0.1, 0.15) is 32.8 Å². The molecule has 244 valence electrons. The third-order valence-electron chi connectivity index (χ3n) is 6.26. The molecule has 9 N–H and O–H groups in total. The first kappa shape index (κ1) is 36.4. The minimum Gasteiger partial charge on any atom is -0.508 e. The Balaban J connectivity index is 1.91. The van der Waals surface area contributed by atoms with E-state index in [1.54, 1.807) is 12.1 Å². The van der Waals surface area contributed by atoms with Gasteiger partial charge in [0.25, 0.3) is 0 Å². The standard InChI is InChI=1S/C28H38N8O8S/c1-15(2)11-20(27(42)35-21(24(30)39)14-45-28-22(36(43)44)5-4-10-31-28)34-23(38)13-32-25(40)16(3)33-26(41)19(29)12-17-6-8-18(37)9-7-17/h4-10,15-16,19-21,37H,11-14,29H2,1-3H3,(H2,30,39)(H,32,40)(H,33,41)(H,34,38)(H,35,42)/t16-,19+,20-,21+/m1/s1. The SMILES string of the molecule is CC(C)C[C@@H](NC(=O)CNC(=O)[C@@H](C)NC(=O)[C@@H](N)Cc1ccc(O)cc1)C(=O)N[C@@H](CSc1ncccc1[N+](=O)[O-])C(N)=O. The number of phenols is 1. The number of amides is 5. The Morgan fingerprint density at radius 2 is 1.64 bits per heavy atom. The molecule has 0 unspecified atom stereocenters. The molecule has 1 aromatic carbocycles. The number of aromatic nitrogens is 1. The van der Waals surface area contributed by atoms with Crippen LogP contribution in [0.25, 0.3) is 0 Å². The lowest BCUT2D eigenvalue weighted by molar-refractivity contribution is -0.388. The Kier molecular flexibility index (Phi) is 14.2. The van der Waals surface area contributed by atoms with Crippen LogP contribution in [-0.4, -0.2) is 81.0 Å². The Morgan fingerprint density at radius 3 is 2.24 bits per heavy atom. The number of carbonyl (C=O) groups excluding carboxylic acids is 5. The summed E-state index contributed by atoms with van der Waals surface area (Å²) in [6, 6.07) is 4.48. The molecule has 4 atom stereocenters. The van der Waals surface area contributed by atoms with Crippen molar-refractivity contribution in [3.63, 3.8) is 0 Å². The monoisotopic (exact) mass is 646 g/mol. The van der Waals surface area contributed by atoms with Crippen molar-refractivity contribution in [1.29, 1.82) is 0 Å². The molecule has 45 heavy (non-hydrogen) atoms. The summed E-state index contributed by atoms with van der Waals surface area (Å²) in [6.07, 6.45) is 1.70. The zero-order chi connectivity index (χ0) is 33.7. The topological polar surface area (TPSA) is 262 Å². The lowest BCUT2D eigenvalue weighted by Crippen LogP contribution is -2.56. The van der Waals surface area contributed by atoms with E-state index in [9.17, 15) is 39.2 Å². The van der Waals surface area contributed by atoms with E-state index in [0.29, 0.717) is 5.56 Å². The van der Waals surface area contributed by atoms with Gasteiger partial charge in [-0.25, -0.2) is 4.98 Å². The quantitative estimate of drug-likeness (QED) is 0.0653. The average molecular weight is 647 g/mol. The molecule has 2 aromatic rings. The van der Waals surface area contributed by atoms with Crippen LogP contribution in [0, 0.1) is 16.0 Å². The van der Waals surface area contributed by atoms with Crippen LogP contribution in [0.15, 0.2) is 47.6 Å². The Hall–Kier alpha value is -4.77. The molecule has 0 radical (unpaired) electrons. The lowest BCUT2D eigenvalue weighted by atomic mass is 10.0. The van der Waals surface area contributed by atoms with Crippen LogP contribution < -0.4 is 32.7 Å². The summed E-state index contributed by atoms with van der Waals surface area (Å²) >= 11 is 0.864. The van der Waals surface area contributed by atoms with Gasteiger partial charge in [-0.15, -0.1) is 0 Å². The van der Waals surface area contributed by atoms with Crippen molar-refractivity contribution in [2.75, 3.05) is 12.3 Å². The molecule has 0 aliphatic heterocycles. The summed E-state index contributed by atoms with van der Waals surface area (Å²) in [5, 5.41) is 30.5. The lowest BCUT2D eigenvalue weighted by Gasteiger charge is -2.23. The number of nitrogens with two attached hydrogens (primary N) is 2. The smallest absolute Gasteiger partial charge is 0.301 e. The number of hydrogen-bond acceptors (Lipinski definition) is 11. The van der Waals surface area contributed by atoms with Gasteiger partial charge in [0.15, 0.2) is 5.03 Å². The third kappa shape index (κ3) is 12.4. The number of thioether (sulfide) groups is 1. The molecule has 0 bridgehead atoms. The summed E-state index contributed by atoms with van der Waals surface area (Å²) < 4.78 is 0. The zero-order valence-electron chi connectivity index (χ0n) is 25.0. The molecule has 17 heteroatoms. The van der Waals surface area contributed by atoms with E-state index in [0.717, 1.165) is 11.8 Å². The molecule has 16 nitrogen and oxygen atoms in total. The Labute approximate surface area is 263 Å². The highest BCUT2D eigenvalue weighted by Crippen LogP contribution is 2.26. The maximum absolute atomic E-state index is 13.1. The number of nitrogens with one attached hydrogen (secondary N) is 4. The van der Waals surface area contributed by atoms with Crippen LogP contribution in [-0.2, 0) is 30.4 Å². The fraction of sp³-hybridized carbons (Fsp3) is 0.429. The van der Waals surface area contributed by atoms with E-state index >= 15 is 0 Å². The van der Waals surface area contributed by atoms with Gasteiger partial charge in [-0.3, -0.25) is 34.1 Å². The maximum atomic E-state index is 13.1. The summed E-state index contributed by atoms with van der Waals surface area (Å²) in [5.41, 5.74) is 11.8. The highest BCUT2D eigenvalue weighted by Gasteiger charge is 2.28. The van der Waals surface area contributed by atoms with Crippen LogP contribution >= 0.6 is 11.8 Å². The molecule has 0 aliphatic rings. The van der Waals surface area contributed by atoms with Crippen LogP contribution in [0.5, 0.6) is 5.75 Å². The number of benzene rings is 1. The van der Waals surface area contributed by atoms with Crippen molar-refractivity contribution in [3.8, 4) is 5.75 Å². The number of nitrogens with zero attached hydrogens (tertiary/aromatic N) is 2. The van der Waals surface area contributed by atoms with Gasteiger partial charge in [0.2, 0.25) is 29.5 Å². The maximum Gasteiger partial charge on any atom is 0.301 e. The molecular weight excluding hydrogens is 608 g/mol. The van der Waals surface area contributed by atoms with Gasteiger partial charge in [0.05, 0.1) is 17.5 Å². The van der Waals surface area contributed by atoms with Crippen molar-refractivity contribution in [3.05, 3.63) is 58.3 Å². The molecule has 2 rings (SSSR count). The van der Waals surface area contributed by atoms with Crippen molar-refractivity contribution in [1.82, 2.24) is 26.3 Å². The molecule has 5 amide bonds. The first-order valence-corrected chi connectivity index (χ1v) is 14.9. The van der Waals surface area contributed by atoms with Gasteiger partial charge in [-0.2, -0.15) is 0 Å². The van der Waals surface area contributed by atoms with E-state index in [2.05, 4.69) is 26.3 Å². The number of nitro groups is 1. The molecule has 1 heterocycles. The van der Waals surface area contributed by atoms with E-state index in [1.807, 2.05) is 13.8 Å². The highest BCUT2D eigenvalue weighted by molar-refractivity contribution is 7.99. The Morgan fingerprint density at radius 1 is 0.978 bits per heavy atom. The number of primary amides is 1. The normalized spacial score (nSPS) is 13.5. The summed E-state index contributed by atoms with van der Waals surface area (Å²) in [7, 11) is 0. The highest BCUT2D eigenvalue weighted by atomic mass is 32.2. The van der Waals surface area contributed by atoms with E-state index in [-0.39, 0.29) is 41.0 Å². The second kappa shape index (κ2) is 17.5. The number of pyridine rings is 1. The van der Waals surface area contributed by atoms with Crippen LogP contribution in [0.2, 0.25) is 0 Å². The van der Waals surface area contributed by atoms with Gasteiger partial charge >= 0.3 is 5.69 Å². The molecular formula is C28H38N8O8S. The molecule has 0 saturated carbocycles. The number of aromatic hydroxyl groups is 1. The molecule has 0 aliphatic carbocycles. The molecule has 1 aromatic heterocycles. The van der Waals surface area contributed by atoms with Crippen molar-refractivity contribution >= 4 is 47.0 Å². The van der Waals surface area contributed by atoms with Crippen LogP contribution in [0.4, 0.5) is 5.69 Å². The van der Waals surface area contributed by atoms with Gasteiger partial charge < -0.3 is 37.8 Å². The fourth-order valence-electron chi connectivity index (χ4n) is 3.90. The first-order chi connectivity index (χ1) is 21.2. The second-order valence-electron chi connectivity index (χ2n) is 10.5. The molecule has 0 fully saturated rings. The van der Waals surface area contributed by atoms with Crippen molar-refractivity contribution in [2.24, 2.45) is 17.4 Å². The largest absolute Gasteiger partial charge is 0.508 e. The van der Waals surface area contributed by atoms with Gasteiger partial charge in [0.1, 0.15) is 23.9 Å². The van der Waals surface area contributed by atoms with E-state index < -0.39 is 65.2 Å². The van der Waals surface area contributed by atoms with Crippen molar-refractivity contribution < 1.29 is 34.0 Å². The number of hydrogen-bond donors (Lipinski definition) is 7. The Bertz CT molecular complexity index is 1370. The van der Waals surface area contributed by atoms with E-state index in [4.69, 9.17) is 11.5 Å². The fourth-order valence-corrected chi connectivity index (χ4v) is 4.89.